The Hall–Kier alpha value is -0.810. The molecule has 0 saturated carbocycles. The Morgan fingerprint density at radius 3 is 2.44 bits per heavy atom. The van der Waals surface area contributed by atoms with Crippen molar-refractivity contribution in [3.63, 3.8) is 0 Å². The quantitative estimate of drug-likeness (QED) is 0.523. The minimum absolute atomic E-state index is 0.186. The van der Waals surface area contributed by atoms with E-state index in [1.807, 2.05) is 7.05 Å². The zero-order valence-electron chi connectivity index (χ0n) is 10.8. The molecule has 0 amide bonds. The fourth-order valence-electron chi connectivity index (χ4n) is 2.06. The summed E-state index contributed by atoms with van der Waals surface area (Å²) in [6.07, 6.45) is 2.13. The molecule has 1 saturated heterocycles. The van der Waals surface area contributed by atoms with Crippen molar-refractivity contribution in [2.45, 2.75) is 18.4 Å². The van der Waals surface area contributed by atoms with E-state index >= 15 is 0 Å². The molecular formula is C11H24N4O. The molecule has 0 aromatic rings. The van der Waals surface area contributed by atoms with Gasteiger partial charge in [0.25, 0.3) is 0 Å². The first-order valence-corrected chi connectivity index (χ1v) is 5.78. The van der Waals surface area contributed by atoms with Crippen LogP contribution in [0.4, 0.5) is 0 Å². The summed E-state index contributed by atoms with van der Waals surface area (Å²) in [4.78, 5) is 6.42. The fourth-order valence-corrected chi connectivity index (χ4v) is 2.06. The van der Waals surface area contributed by atoms with Crippen LogP contribution in [0.1, 0.15) is 12.8 Å². The molecule has 0 spiro atoms. The number of guanidine groups is 1. The Morgan fingerprint density at radius 1 is 1.38 bits per heavy atom. The van der Waals surface area contributed by atoms with Gasteiger partial charge in [-0.3, -0.25) is 4.99 Å². The van der Waals surface area contributed by atoms with Crippen LogP contribution in [-0.4, -0.2) is 64.3 Å². The summed E-state index contributed by atoms with van der Waals surface area (Å²) in [6.45, 7) is 2.59. The van der Waals surface area contributed by atoms with Crippen molar-refractivity contribution in [3.8, 4) is 0 Å². The molecule has 0 unspecified atom stereocenters. The lowest BCUT2D eigenvalue weighted by atomic mass is 9.88. The van der Waals surface area contributed by atoms with Gasteiger partial charge < -0.3 is 20.3 Å². The van der Waals surface area contributed by atoms with Crippen LogP contribution in [0.15, 0.2) is 4.99 Å². The van der Waals surface area contributed by atoms with E-state index in [9.17, 15) is 0 Å². The number of aliphatic imine (C=N–C) groups is 1. The first-order valence-electron chi connectivity index (χ1n) is 5.78. The van der Waals surface area contributed by atoms with E-state index in [2.05, 4.69) is 34.6 Å². The van der Waals surface area contributed by atoms with Gasteiger partial charge in [-0.1, -0.05) is 0 Å². The predicted molar refractivity (Wildman–Crippen MR) is 66.9 cm³/mol. The normalized spacial score (nSPS) is 20.9. The highest BCUT2D eigenvalue weighted by Crippen LogP contribution is 2.24. The molecule has 1 aliphatic heterocycles. The molecule has 2 N–H and O–H groups in total. The molecule has 0 atom stereocenters. The van der Waals surface area contributed by atoms with Crippen molar-refractivity contribution in [1.29, 1.82) is 0 Å². The molecule has 5 heteroatoms. The van der Waals surface area contributed by atoms with Gasteiger partial charge in [-0.15, -0.1) is 0 Å². The average Bonchev–Trinajstić information content (AvgIpc) is 2.31. The second-order valence-electron chi connectivity index (χ2n) is 4.41. The Morgan fingerprint density at radius 2 is 2.00 bits per heavy atom. The van der Waals surface area contributed by atoms with Gasteiger partial charge in [-0.2, -0.15) is 0 Å². The molecule has 1 fully saturated rings. The lowest BCUT2D eigenvalue weighted by Crippen LogP contribution is -2.56. The van der Waals surface area contributed by atoms with Gasteiger partial charge in [0.15, 0.2) is 5.96 Å². The summed E-state index contributed by atoms with van der Waals surface area (Å²) < 4.78 is 5.43. The minimum Gasteiger partial charge on any atom is -0.381 e. The second-order valence-corrected chi connectivity index (χ2v) is 4.41. The Kier molecular flexibility index (Phi) is 5.02. The van der Waals surface area contributed by atoms with E-state index in [0.29, 0.717) is 0 Å². The summed E-state index contributed by atoms with van der Waals surface area (Å²) in [5, 5.41) is 6.39. The summed E-state index contributed by atoms with van der Waals surface area (Å²) in [5.41, 5.74) is 0.186. The molecule has 16 heavy (non-hydrogen) atoms. The third kappa shape index (κ3) is 3.09. The van der Waals surface area contributed by atoms with E-state index in [-0.39, 0.29) is 5.54 Å². The van der Waals surface area contributed by atoms with Crippen molar-refractivity contribution in [2.24, 2.45) is 4.99 Å². The number of hydrogen-bond acceptors (Lipinski definition) is 3. The van der Waals surface area contributed by atoms with Gasteiger partial charge in [0.05, 0.1) is 0 Å². The predicted octanol–water partition coefficient (Wildman–Crippen LogP) is -0.108. The van der Waals surface area contributed by atoms with Crippen LogP contribution in [0.2, 0.25) is 0 Å². The molecule has 1 aliphatic rings. The monoisotopic (exact) mass is 228 g/mol. The van der Waals surface area contributed by atoms with Gasteiger partial charge in [-0.05, 0) is 26.9 Å². The fraction of sp³-hybridized carbons (Fsp3) is 0.909. The molecule has 0 radical (unpaired) electrons. The molecule has 1 rings (SSSR count). The van der Waals surface area contributed by atoms with Crippen LogP contribution >= 0.6 is 0 Å². The average molecular weight is 228 g/mol. The van der Waals surface area contributed by atoms with Crippen LogP contribution in [0.3, 0.4) is 0 Å². The van der Waals surface area contributed by atoms with Gasteiger partial charge in [0.2, 0.25) is 0 Å². The number of ether oxygens (including phenoxy) is 1. The van der Waals surface area contributed by atoms with Crippen molar-refractivity contribution >= 4 is 5.96 Å². The van der Waals surface area contributed by atoms with Gasteiger partial charge in [-0.25, -0.2) is 0 Å². The Bertz CT molecular complexity index is 234. The highest BCUT2D eigenvalue weighted by molar-refractivity contribution is 5.79. The van der Waals surface area contributed by atoms with Crippen molar-refractivity contribution < 1.29 is 4.74 Å². The maximum atomic E-state index is 5.43. The maximum absolute atomic E-state index is 5.43. The van der Waals surface area contributed by atoms with Crippen LogP contribution < -0.4 is 10.6 Å². The van der Waals surface area contributed by atoms with Crippen LogP contribution in [0.25, 0.3) is 0 Å². The summed E-state index contributed by atoms with van der Waals surface area (Å²) >= 11 is 0. The maximum Gasteiger partial charge on any atom is 0.190 e. The zero-order valence-corrected chi connectivity index (χ0v) is 10.8. The first kappa shape index (κ1) is 13.3. The number of nitrogens with one attached hydrogen (secondary N) is 2. The van der Waals surface area contributed by atoms with Gasteiger partial charge >= 0.3 is 0 Å². The molecule has 0 aromatic heterocycles. The lowest BCUT2D eigenvalue weighted by Gasteiger charge is -2.43. The molecule has 0 aliphatic carbocycles. The van der Waals surface area contributed by atoms with Crippen LogP contribution in [-0.2, 0) is 4.74 Å². The standard InChI is InChI=1S/C11H24N4O/c1-12-10(13-2)14-9-11(15(3)4)5-7-16-8-6-11/h5-9H2,1-4H3,(H2,12,13,14). The summed E-state index contributed by atoms with van der Waals surface area (Å²) in [7, 11) is 7.93. The zero-order chi connectivity index (χ0) is 12.0. The van der Waals surface area contributed by atoms with Crippen LogP contribution in [0, 0.1) is 0 Å². The summed E-state index contributed by atoms with van der Waals surface area (Å²) in [6, 6.07) is 0. The Balaban J connectivity index is 2.57. The Labute approximate surface area is 98.3 Å². The van der Waals surface area contributed by atoms with Crippen molar-refractivity contribution in [1.82, 2.24) is 15.5 Å². The molecular weight excluding hydrogens is 204 g/mol. The molecule has 1 heterocycles. The third-order valence-electron chi connectivity index (χ3n) is 3.42. The van der Waals surface area contributed by atoms with E-state index in [1.165, 1.54) is 0 Å². The number of likely N-dealkylation sites (N-methyl/N-ethyl adjacent to an activating group) is 1. The molecule has 94 valence electrons. The second kappa shape index (κ2) is 6.06. The third-order valence-corrected chi connectivity index (χ3v) is 3.42. The van der Waals surface area contributed by atoms with E-state index in [1.54, 1.807) is 7.05 Å². The smallest absolute Gasteiger partial charge is 0.190 e. The summed E-state index contributed by atoms with van der Waals surface area (Å²) in [5.74, 6) is 0.840. The molecule has 5 nitrogen and oxygen atoms in total. The number of hydrogen-bond donors (Lipinski definition) is 2. The lowest BCUT2D eigenvalue weighted by molar-refractivity contribution is -0.00499. The van der Waals surface area contributed by atoms with Gasteiger partial charge in [0.1, 0.15) is 0 Å². The topological polar surface area (TPSA) is 48.9 Å². The van der Waals surface area contributed by atoms with Crippen molar-refractivity contribution in [3.05, 3.63) is 0 Å². The van der Waals surface area contributed by atoms with Crippen LogP contribution in [0.5, 0.6) is 0 Å². The largest absolute Gasteiger partial charge is 0.381 e. The van der Waals surface area contributed by atoms with E-state index in [0.717, 1.165) is 38.6 Å². The number of rotatable bonds is 3. The van der Waals surface area contributed by atoms with E-state index in [4.69, 9.17) is 4.74 Å². The minimum atomic E-state index is 0.186. The first-order chi connectivity index (χ1) is 7.64. The highest BCUT2D eigenvalue weighted by Gasteiger charge is 2.34. The molecule has 0 aromatic carbocycles. The van der Waals surface area contributed by atoms with Gasteiger partial charge in [0, 0.05) is 39.4 Å². The number of nitrogens with zero attached hydrogens (tertiary/aromatic N) is 2. The molecule has 0 bridgehead atoms. The van der Waals surface area contributed by atoms with Crippen molar-refractivity contribution in [2.75, 3.05) is 47.9 Å². The van der Waals surface area contributed by atoms with E-state index < -0.39 is 0 Å². The SMILES string of the molecule is CN=C(NC)NCC1(N(C)C)CCOCC1. The highest BCUT2D eigenvalue weighted by atomic mass is 16.5.